The number of ether oxygens (including phenoxy) is 4. The summed E-state index contributed by atoms with van der Waals surface area (Å²) in [6.07, 6.45) is -1.54. The van der Waals surface area contributed by atoms with Crippen LogP contribution in [0.2, 0.25) is 0 Å². The summed E-state index contributed by atoms with van der Waals surface area (Å²) in [7, 11) is 0. The van der Waals surface area contributed by atoms with E-state index in [2.05, 4.69) is 0 Å². The fourth-order valence-electron chi connectivity index (χ4n) is 1.85. The third-order valence-corrected chi connectivity index (χ3v) is 3.15. The maximum Gasteiger partial charge on any atom is 0.302 e. The van der Waals surface area contributed by atoms with Gasteiger partial charge in [0.1, 0.15) is 12.7 Å². The van der Waals surface area contributed by atoms with Crippen molar-refractivity contribution in [1.82, 2.24) is 0 Å². The topological polar surface area (TPSA) is 94.9 Å². The molecule has 1 heterocycles. The van der Waals surface area contributed by atoms with E-state index in [1.807, 2.05) is 0 Å². The molecule has 0 aliphatic carbocycles. The lowest BCUT2D eigenvalue weighted by Gasteiger charge is -2.34. The fourth-order valence-corrected chi connectivity index (χ4v) is 1.99. The number of carbonyl (C=O) groups is 2. The highest BCUT2D eigenvalue weighted by Gasteiger charge is 2.37. The molecule has 1 aliphatic heterocycles. The molecule has 1 rings (SSSR count). The molecule has 0 aromatic rings. The van der Waals surface area contributed by atoms with Gasteiger partial charge in [0, 0.05) is 26.7 Å². The van der Waals surface area contributed by atoms with E-state index in [1.165, 1.54) is 13.8 Å². The van der Waals surface area contributed by atoms with Crippen LogP contribution in [0.5, 0.6) is 0 Å². The highest BCUT2D eigenvalue weighted by molar-refractivity contribution is 6.76. The second-order valence-corrected chi connectivity index (χ2v) is 6.92. The smallest absolute Gasteiger partial charge is 0.302 e. The standard InChI is InChI=1S/C12H16Cl3NO6/c1-6(17)19-5-9-3-8(20-7(2)18)4-10(21-9)22-11(16)12(13,14)15/h8-10,16H,3-5H2,1-2H3/t8-,9-,10?/m0/s1. The summed E-state index contributed by atoms with van der Waals surface area (Å²) in [6, 6.07) is 0. The van der Waals surface area contributed by atoms with E-state index in [1.54, 1.807) is 0 Å². The predicted octanol–water partition coefficient (Wildman–Crippen LogP) is 2.35. The summed E-state index contributed by atoms with van der Waals surface area (Å²) in [4.78, 5) is 21.9. The third kappa shape index (κ3) is 7.00. The van der Waals surface area contributed by atoms with Crippen molar-refractivity contribution in [2.75, 3.05) is 6.61 Å². The molecule has 1 N–H and O–H groups in total. The summed E-state index contributed by atoms with van der Waals surface area (Å²) in [6.45, 7) is 2.50. The Morgan fingerprint density at radius 3 is 2.32 bits per heavy atom. The lowest BCUT2D eigenvalue weighted by atomic mass is 10.1. The van der Waals surface area contributed by atoms with E-state index in [-0.39, 0.29) is 13.0 Å². The molecular weight excluding hydrogens is 360 g/mol. The predicted molar refractivity (Wildman–Crippen MR) is 79.2 cm³/mol. The largest absolute Gasteiger partial charge is 0.463 e. The lowest BCUT2D eigenvalue weighted by molar-refractivity contribution is -0.205. The number of nitrogens with one attached hydrogen (secondary N) is 1. The molecule has 7 nitrogen and oxygen atoms in total. The van der Waals surface area contributed by atoms with E-state index in [0.29, 0.717) is 6.42 Å². The molecule has 3 atom stereocenters. The van der Waals surface area contributed by atoms with Crippen molar-refractivity contribution in [2.45, 2.75) is 49.0 Å². The van der Waals surface area contributed by atoms with E-state index in [0.717, 1.165) is 0 Å². The van der Waals surface area contributed by atoms with Crippen molar-refractivity contribution < 1.29 is 28.5 Å². The highest BCUT2D eigenvalue weighted by atomic mass is 35.6. The number of carbonyl (C=O) groups excluding carboxylic acids is 2. The summed E-state index contributed by atoms with van der Waals surface area (Å²) in [5.41, 5.74) is 0. The average Bonchev–Trinajstić information content (AvgIpc) is 2.34. The van der Waals surface area contributed by atoms with Gasteiger partial charge in [-0.05, 0) is 0 Å². The molecule has 0 radical (unpaired) electrons. The number of halogens is 3. The van der Waals surface area contributed by atoms with Crippen molar-refractivity contribution in [3.63, 3.8) is 0 Å². The molecule has 0 aromatic heterocycles. The molecule has 1 aliphatic rings. The SMILES string of the molecule is CC(=O)OC[C@@H]1C[C@H](OC(C)=O)CC(OC(=N)C(Cl)(Cl)Cl)O1. The Balaban J connectivity index is 2.67. The van der Waals surface area contributed by atoms with Crippen molar-refractivity contribution in [3.05, 3.63) is 0 Å². The maximum absolute atomic E-state index is 11.1. The van der Waals surface area contributed by atoms with Gasteiger partial charge in [-0.25, -0.2) is 0 Å². The third-order valence-electron chi connectivity index (χ3n) is 2.64. The first-order valence-corrected chi connectivity index (χ1v) is 7.49. The number of esters is 2. The molecule has 1 saturated heterocycles. The first-order valence-electron chi connectivity index (χ1n) is 6.36. The van der Waals surface area contributed by atoms with Gasteiger partial charge in [0.25, 0.3) is 3.79 Å². The monoisotopic (exact) mass is 375 g/mol. The number of alkyl halides is 3. The van der Waals surface area contributed by atoms with Gasteiger partial charge in [0.2, 0.25) is 12.2 Å². The van der Waals surface area contributed by atoms with Crippen molar-refractivity contribution in [3.8, 4) is 0 Å². The van der Waals surface area contributed by atoms with Crippen LogP contribution in [0.15, 0.2) is 0 Å². The van der Waals surface area contributed by atoms with Crippen LogP contribution in [0.3, 0.4) is 0 Å². The van der Waals surface area contributed by atoms with Crippen LogP contribution in [0.1, 0.15) is 26.7 Å². The lowest BCUT2D eigenvalue weighted by Crippen LogP contribution is -2.43. The van der Waals surface area contributed by atoms with Gasteiger partial charge in [-0.2, -0.15) is 0 Å². The Kier molecular flexibility index (Phi) is 7.18. The van der Waals surface area contributed by atoms with Crippen LogP contribution in [0.25, 0.3) is 0 Å². The second-order valence-electron chi connectivity index (χ2n) is 4.64. The zero-order chi connectivity index (χ0) is 16.9. The number of hydrogen-bond donors (Lipinski definition) is 1. The molecule has 126 valence electrons. The van der Waals surface area contributed by atoms with Gasteiger partial charge in [-0.3, -0.25) is 15.0 Å². The van der Waals surface area contributed by atoms with Crippen molar-refractivity contribution in [1.29, 1.82) is 5.41 Å². The average molecular weight is 377 g/mol. The van der Waals surface area contributed by atoms with Gasteiger partial charge in [-0.15, -0.1) is 0 Å². The number of hydrogen-bond acceptors (Lipinski definition) is 7. The van der Waals surface area contributed by atoms with Crippen LogP contribution >= 0.6 is 34.8 Å². The molecule has 22 heavy (non-hydrogen) atoms. The van der Waals surface area contributed by atoms with Crippen LogP contribution in [0, 0.1) is 5.41 Å². The molecule has 0 spiro atoms. The summed E-state index contributed by atoms with van der Waals surface area (Å²) in [5.74, 6) is -1.55. The molecule has 0 bridgehead atoms. The van der Waals surface area contributed by atoms with Crippen molar-refractivity contribution >= 4 is 52.6 Å². The zero-order valence-electron chi connectivity index (χ0n) is 11.9. The summed E-state index contributed by atoms with van der Waals surface area (Å²) in [5, 5.41) is 7.53. The van der Waals surface area contributed by atoms with Crippen LogP contribution < -0.4 is 0 Å². The Morgan fingerprint density at radius 1 is 1.18 bits per heavy atom. The molecule has 1 fully saturated rings. The Hall–Kier alpha value is -0.760. The Bertz CT molecular complexity index is 439. The minimum Gasteiger partial charge on any atom is -0.463 e. The Morgan fingerprint density at radius 2 is 1.82 bits per heavy atom. The molecule has 1 unspecified atom stereocenters. The molecule has 0 aromatic carbocycles. The van der Waals surface area contributed by atoms with Gasteiger partial charge in [-0.1, -0.05) is 34.8 Å². The number of rotatable bonds is 4. The van der Waals surface area contributed by atoms with E-state index >= 15 is 0 Å². The minimum atomic E-state index is -2.02. The van der Waals surface area contributed by atoms with Gasteiger partial charge in [0.05, 0.1) is 6.10 Å². The highest BCUT2D eigenvalue weighted by Crippen LogP contribution is 2.31. The second kappa shape index (κ2) is 8.19. The Labute approximate surface area is 142 Å². The molecule has 10 heteroatoms. The molecule has 0 amide bonds. The molecular formula is C12H16Cl3NO6. The van der Waals surface area contributed by atoms with Gasteiger partial charge < -0.3 is 18.9 Å². The first-order chi connectivity index (χ1) is 10.1. The first kappa shape index (κ1) is 19.3. The van der Waals surface area contributed by atoms with E-state index < -0.39 is 40.1 Å². The molecule has 0 saturated carbocycles. The summed E-state index contributed by atoms with van der Waals surface area (Å²) >= 11 is 16.6. The zero-order valence-corrected chi connectivity index (χ0v) is 14.2. The van der Waals surface area contributed by atoms with Crippen LogP contribution in [-0.4, -0.2) is 46.7 Å². The minimum absolute atomic E-state index is 0.0337. The van der Waals surface area contributed by atoms with Crippen molar-refractivity contribution in [2.24, 2.45) is 0 Å². The van der Waals surface area contributed by atoms with Crippen LogP contribution in [-0.2, 0) is 28.5 Å². The van der Waals surface area contributed by atoms with Gasteiger partial charge in [0.15, 0.2) is 0 Å². The van der Waals surface area contributed by atoms with Gasteiger partial charge >= 0.3 is 11.9 Å². The summed E-state index contributed by atoms with van der Waals surface area (Å²) < 4.78 is 18.6. The van der Waals surface area contributed by atoms with E-state index in [9.17, 15) is 9.59 Å². The fraction of sp³-hybridized carbons (Fsp3) is 0.750. The maximum atomic E-state index is 11.1. The quantitative estimate of drug-likeness (QED) is 0.350. The van der Waals surface area contributed by atoms with Crippen LogP contribution in [0.4, 0.5) is 0 Å². The van der Waals surface area contributed by atoms with E-state index in [4.69, 9.17) is 59.2 Å². The normalized spacial score (nSPS) is 25.2.